The van der Waals surface area contributed by atoms with Gasteiger partial charge in [0, 0.05) is 33.2 Å². The van der Waals surface area contributed by atoms with E-state index in [1.165, 1.54) is 0 Å². The standard InChI is InChI=1S/C22H26BrN3O2/c1-14-17(18-11-15(23)9-10-19(18)25-14)12-22(27)24-13-20(26(2)3)16-7-5-6-8-21(16)28-4/h5-11,20,25H,12-13H2,1-4H3,(H,24,27). The number of hydrogen-bond donors (Lipinski definition) is 2. The molecule has 2 aromatic carbocycles. The van der Waals surface area contributed by atoms with Gasteiger partial charge >= 0.3 is 0 Å². The molecule has 148 valence electrons. The van der Waals surface area contributed by atoms with Crippen LogP contribution in [0.5, 0.6) is 5.75 Å². The summed E-state index contributed by atoms with van der Waals surface area (Å²) in [7, 11) is 5.68. The summed E-state index contributed by atoms with van der Waals surface area (Å²) in [5.41, 5.74) is 4.16. The minimum atomic E-state index is 0.00530. The summed E-state index contributed by atoms with van der Waals surface area (Å²) in [6, 6.07) is 14.0. The Morgan fingerprint density at radius 3 is 2.71 bits per heavy atom. The van der Waals surface area contributed by atoms with Gasteiger partial charge in [0.1, 0.15) is 5.75 Å². The van der Waals surface area contributed by atoms with E-state index in [1.807, 2.05) is 57.4 Å². The number of fused-ring (bicyclic) bond motifs is 1. The van der Waals surface area contributed by atoms with Gasteiger partial charge in [-0.2, -0.15) is 0 Å². The van der Waals surface area contributed by atoms with Crippen LogP contribution in [0.25, 0.3) is 10.9 Å². The lowest BCUT2D eigenvalue weighted by Gasteiger charge is -2.26. The number of likely N-dealkylation sites (N-methyl/N-ethyl adjacent to an activating group) is 1. The molecular formula is C22H26BrN3O2. The molecule has 0 radical (unpaired) electrons. The van der Waals surface area contributed by atoms with Crippen molar-refractivity contribution in [3.63, 3.8) is 0 Å². The van der Waals surface area contributed by atoms with Gasteiger partial charge < -0.3 is 19.9 Å². The summed E-state index contributed by atoms with van der Waals surface area (Å²) in [4.78, 5) is 18.2. The molecule has 28 heavy (non-hydrogen) atoms. The average molecular weight is 444 g/mol. The van der Waals surface area contributed by atoms with Gasteiger partial charge in [0.15, 0.2) is 0 Å². The smallest absolute Gasteiger partial charge is 0.224 e. The number of nitrogens with zero attached hydrogens (tertiary/aromatic N) is 1. The van der Waals surface area contributed by atoms with Gasteiger partial charge in [-0.05, 0) is 50.8 Å². The number of aromatic amines is 1. The van der Waals surface area contributed by atoms with Crippen LogP contribution in [0.2, 0.25) is 0 Å². The van der Waals surface area contributed by atoms with E-state index < -0.39 is 0 Å². The van der Waals surface area contributed by atoms with Crippen LogP contribution in [0.1, 0.15) is 22.9 Å². The van der Waals surface area contributed by atoms with Crippen LogP contribution in [0.3, 0.4) is 0 Å². The fourth-order valence-corrected chi connectivity index (χ4v) is 3.89. The number of amides is 1. The van der Waals surface area contributed by atoms with Crippen LogP contribution in [0, 0.1) is 6.92 Å². The summed E-state index contributed by atoms with van der Waals surface area (Å²) in [6.45, 7) is 2.52. The zero-order valence-electron chi connectivity index (χ0n) is 16.7. The highest BCUT2D eigenvalue weighted by Gasteiger charge is 2.20. The number of aryl methyl sites for hydroxylation is 1. The number of carbonyl (C=O) groups excluding carboxylic acids is 1. The highest BCUT2D eigenvalue weighted by Crippen LogP contribution is 2.28. The third kappa shape index (κ3) is 4.39. The van der Waals surface area contributed by atoms with Gasteiger partial charge in [-0.3, -0.25) is 4.79 Å². The molecule has 1 amide bonds. The molecule has 0 aliphatic heterocycles. The molecule has 1 aromatic heterocycles. The zero-order chi connectivity index (χ0) is 20.3. The van der Waals surface area contributed by atoms with Gasteiger partial charge in [-0.25, -0.2) is 0 Å². The molecule has 0 aliphatic carbocycles. The highest BCUT2D eigenvalue weighted by atomic mass is 79.9. The summed E-state index contributed by atoms with van der Waals surface area (Å²) in [5.74, 6) is 0.832. The molecule has 0 saturated carbocycles. The van der Waals surface area contributed by atoms with Gasteiger partial charge in [0.2, 0.25) is 5.91 Å². The van der Waals surface area contributed by atoms with Crippen molar-refractivity contribution < 1.29 is 9.53 Å². The first-order valence-electron chi connectivity index (χ1n) is 9.23. The van der Waals surface area contributed by atoms with E-state index in [1.54, 1.807) is 7.11 Å². The zero-order valence-corrected chi connectivity index (χ0v) is 18.3. The number of aromatic nitrogens is 1. The predicted octanol–water partition coefficient (Wildman–Crippen LogP) is 4.21. The quantitative estimate of drug-likeness (QED) is 0.574. The number of rotatable bonds is 7. The summed E-state index contributed by atoms with van der Waals surface area (Å²) >= 11 is 3.52. The topological polar surface area (TPSA) is 57.4 Å². The maximum Gasteiger partial charge on any atom is 0.224 e. The van der Waals surface area contributed by atoms with Crippen molar-refractivity contribution in [1.82, 2.24) is 15.2 Å². The van der Waals surface area contributed by atoms with Crippen LogP contribution in [0.15, 0.2) is 46.9 Å². The molecule has 0 spiro atoms. The molecule has 1 heterocycles. The Hall–Kier alpha value is -2.31. The lowest BCUT2D eigenvalue weighted by molar-refractivity contribution is -0.120. The van der Waals surface area contributed by atoms with Crippen molar-refractivity contribution in [1.29, 1.82) is 0 Å². The third-order valence-corrected chi connectivity index (χ3v) is 5.53. The van der Waals surface area contributed by atoms with Crippen molar-refractivity contribution in [2.24, 2.45) is 0 Å². The molecule has 0 aliphatic rings. The fraction of sp³-hybridized carbons (Fsp3) is 0.318. The average Bonchev–Trinajstić information content (AvgIpc) is 2.97. The minimum absolute atomic E-state index is 0.00530. The number of ether oxygens (including phenoxy) is 1. The van der Waals surface area contributed by atoms with Crippen LogP contribution in [0.4, 0.5) is 0 Å². The number of H-pyrrole nitrogens is 1. The second-order valence-electron chi connectivity index (χ2n) is 7.12. The number of nitrogens with one attached hydrogen (secondary N) is 2. The predicted molar refractivity (Wildman–Crippen MR) is 117 cm³/mol. The Morgan fingerprint density at radius 1 is 1.25 bits per heavy atom. The van der Waals surface area contributed by atoms with Gasteiger partial charge in [0.25, 0.3) is 0 Å². The van der Waals surface area contributed by atoms with Crippen molar-refractivity contribution in [2.75, 3.05) is 27.7 Å². The Kier molecular flexibility index (Phi) is 6.42. The molecule has 0 fully saturated rings. The van der Waals surface area contributed by atoms with E-state index >= 15 is 0 Å². The SMILES string of the molecule is COc1ccccc1C(CNC(=O)Cc1c(C)[nH]c2ccc(Br)cc12)N(C)C. The first kappa shape index (κ1) is 20.4. The molecule has 0 saturated heterocycles. The van der Waals surface area contributed by atoms with Crippen molar-refractivity contribution in [3.8, 4) is 5.75 Å². The van der Waals surface area contributed by atoms with Crippen molar-refractivity contribution in [3.05, 3.63) is 63.8 Å². The van der Waals surface area contributed by atoms with Gasteiger partial charge in [-0.1, -0.05) is 34.1 Å². The number of hydrogen-bond acceptors (Lipinski definition) is 3. The summed E-state index contributed by atoms with van der Waals surface area (Å²) in [6.07, 6.45) is 0.342. The van der Waals surface area contributed by atoms with Crippen molar-refractivity contribution in [2.45, 2.75) is 19.4 Å². The van der Waals surface area contributed by atoms with Gasteiger partial charge in [0.05, 0.1) is 19.6 Å². The van der Waals surface area contributed by atoms with Crippen LogP contribution < -0.4 is 10.1 Å². The molecular weight excluding hydrogens is 418 g/mol. The van der Waals surface area contributed by atoms with E-state index in [-0.39, 0.29) is 11.9 Å². The number of halogens is 1. The van der Waals surface area contributed by atoms with E-state index in [2.05, 4.69) is 37.2 Å². The van der Waals surface area contributed by atoms with Crippen LogP contribution in [-0.2, 0) is 11.2 Å². The summed E-state index contributed by atoms with van der Waals surface area (Å²) < 4.78 is 6.50. The van der Waals surface area contributed by atoms with Crippen molar-refractivity contribution >= 4 is 32.7 Å². The third-order valence-electron chi connectivity index (χ3n) is 5.03. The maximum absolute atomic E-state index is 12.7. The lowest BCUT2D eigenvalue weighted by Crippen LogP contribution is -2.35. The second kappa shape index (κ2) is 8.80. The monoisotopic (exact) mass is 443 g/mol. The van der Waals surface area contributed by atoms with E-state index in [0.29, 0.717) is 13.0 Å². The lowest BCUT2D eigenvalue weighted by atomic mass is 10.0. The number of methoxy groups -OCH3 is 1. The normalized spacial score (nSPS) is 12.4. The maximum atomic E-state index is 12.7. The molecule has 3 rings (SSSR count). The molecule has 2 N–H and O–H groups in total. The Balaban J connectivity index is 1.74. The Labute approximate surface area is 174 Å². The fourth-order valence-electron chi connectivity index (χ4n) is 3.53. The van der Waals surface area contributed by atoms with E-state index in [0.717, 1.165) is 37.9 Å². The first-order valence-corrected chi connectivity index (χ1v) is 10.0. The van der Waals surface area contributed by atoms with E-state index in [4.69, 9.17) is 4.74 Å². The number of benzene rings is 2. The first-order chi connectivity index (χ1) is 13.4. The minimum Gasteiger partial charge on any atom is -0.496 e. The summed E-state index contributed by atoms with van der Waals surface area (Å²) in [5, 5.41) is 4.18. The van der Waals surface area contributed by atoms with Crippen LogP contribution >= 0.6 is 15.9 Å². The molecule has 5 nitrogen and oxygen atoms in total. The molecule has 3 aromatic rings. The molecule has 1 atom stereocenters. The van der Waals surface area contributed by atoms with Gasteiger partial charge in [-0.15, -0.1) is 0 Å². The molecule has 0 bridgehead atoms. The molecule has 6 heteroatoms. The Morgan fingerprint density at radius 2 is 2.00 bits per heavy atom. The Bertz CT molecular complexity index is 981. The number of carbonyl (C=O) groups is 1. The number of para-hydroxylation sites is 1. The highest BCUT2D eigenvalue weighted by molar-refractivity contribution is 9.10. The van der Waals surface area contributed by atoms with E-state index in [9.17, 15) is 4.79 Å². The van der Waals surface area contributed by atoms with Crippen LogP contribution in [-0.4, -0.2) is 43.5 Å². The largest absolute Gasteiger partial charge is 0.496 e. The molecule has 1 unspecified atom stereocenters. The second-order valence-corrected chi connectivity index (χ2v) is 8.04.